The lowest BCUT2D eigenvalue weighted by Gasteiger charge is -2.21. The Kier molecular flexibility index (Phi) is 4.60. The second kappa shape index (κ2) is 5.98. The van der Waals surface area contributed by atoms with Gasteiger partial charge in [-0.25, -0.2) is 0 Å². The van der Waals surface area contributed by atoms with Crippen LogP contribution in [0.1, 0.15) is 11.1 Å². The van der Waals surface area contributed by atoms with E-state index in [2.05, 4.69) is 5.92 Å². The molecule has 0 radical (unpaired) electrons. The molecule has 7 heteroatoms. The summed E-state index contributed by atoms with van der Waals surface area (Å²) in [6.45, 7) is -0.692. The van der Waals surface area contributed by atoms with Crippen LogP contribution in [0.15, 0.2) is 18.2 Å². The highest BCUT2D eigenvalue weighted by atomic mass is 19.4. The third-order valence-corrected chi connectivity index (χ3v) is 2.40. The smallest absolute Gasteiger partial charge is 0.417 e. The molecule has 0 fully saturated rings. The van der Waals surface area contributed by atoms with Crippen LogP contribution in [-0.4, -0.2) is 24.2 Å². The van der Waals surface area contributed by atoms with E-state index in [-0.39, 0.29) is 12.2 Å². The zero-order chi connectivity index (χ0) is 15.3. The van der Waals surface area contributed by atoms with Crippen LogP contribution in [0.25, 0.3) is 0 Å². The Labute approximate surface area is 113 Å². The number of anilines is 1. The number of carboxylic acid groups (broad SMARTS) is 1. The first kappa shape index (κ1) is 15.4. The molecule has 0 bridgehead atoms. The van der Waals surface area contributed by atoms with Crippen LogP contribution in [0.5, 0.6) is 0 Å². The van der Waals surface area contributed by atoms with Gasteiger partial charge in [-0.3, -0.25) is 4.79 Å². The molecule has 0 aliphatic rings. The number of carboxylic acids is 1. The van der Waals surface area contributed by atoms with Crippen molar-refractivity contribution >= 4 is 11.7 Å². The molecule has 1 aromatic carbocycles. The van der Waals surface area contributed by atoms with Gasteiger partial charge in [-0.05, 0) is 18.2 Å². The van der Waals surface area contributed by atoms with E-state index in [1.165, 1.54) is 12.1 Å². The number of alkyl halides is 3. The maximum Gasteiger partial charge on any atom is 0.417 e. The summed E-state index contributed by atoms with van der Waals surface area (Å²) in [7, 11) is 0. The highest BCUT2D eigenvalue weighted by Gasteiger charge is 2.34. The van der Waals surface area contributed by atoms with E-state index in [0.717, 1.165) is 17.0 Å². The number of hydrogen-bond acceptors (Lipinski definition) is 3. The molecule has 4 nitrogen and oxygen atoms in total. The van der Waals surface area contributed by atoms with Crippen molar-refractivity contribution in [2.24, 2.45) is 0 Å². The SMILES string of the molecule is C#CCN(CC(=O)O)c1ccc(C#N)c(C(F)(F)F)c1. The van der Waals surface area contributed by atoms with Gasteiger partial charge in [-0.15, -0.1) is 6.42 Å². The first-order chi connectivity index (χ1) is 9.29. The molecule has 0 aromatic heterocycles. The van der Waals surface area contributed by atoms with Gasteiger partial charge in [0.2, 0.25) is 0 Å². The maximum absolute atomic E-state index is 12.8. The van der Waals surface area contributed by atoms with Gasteiger partial charge in [0.1, 0.15) is 6.54 Å². The predicted molar refractivity (Wildman–Crippen MR) is 64.8 cm³/mol. The molecule has 0 amide bonds. The molecule has 0 atom stereocenters. The molecule has 20 heavy (non-hydrogen) atoms. The summed E-state index contributed by atoms with van der Waals surface area (Å²) in [5.41, 5.74) is -1.65. The second-order valence-electron chi connectivity index (χ2n) is 3.79. The molecule has 0 spiro atoms. The van der Waals surface area contributed by atoms with Crippen molar-refractivity contribution in [2.45, 2.75) is 6.18 Å². The highest BCUT2D eigenvalue weighted by Crippen LogP contribution is 2.34. The number of nitrogens with zero attached hydrogens (tertiary/aromatic N) is 2. The molecular weight excluding hydrogens is 273 g/mol. The number of terminal acetylenes is 1. The van der Waals surface area contributed by atoms with Crippen LogP contribution in [-0.2, 0) is 11.0 Å². The number of carbonyl (C=O) groups is 1. The molecule has 1 N–H and O–H groups in total. The quantitative estimate of drug-likeness (QED) is 0.859. The Morgan fingerprint density at radius 3 is 2.55 bits per heavy atom. The normalized spacial score (nSPS) is 10.4. The van der Waals surface area contributed by atoms with Gasteiger partial charge in [0.15, 0.2) is 0 Å². The van der Waals surface area contributed by atoms with E-state index in [0.29, 0.717) is 0 Å². The van der Waals surface area contributed by atoms with Gasteiger partial charge in [0.05, 0.1) is 23.7 Å². The van der Waals surface area contributed by atoms with Crippen molar-refractivity contribution in [3.05, 3.63) is 29.3 Å². The van der Waals surface area contributed by atoms with Crippen LogP contribution in [0.4, 0.5) is 18.9 Å². The Morgan fingerprint density at radius 2 is 2.10 bits per heavy atom. The van der Waals surface area contributed by atoms with Crippen LogP contribution in [0.3, 0.4) is 0 Å². The number of benzene rings is 1. The summed E-state index contributed by atoms with van der Waals surface area (Å²) >= 11 is 0. The van der Waals surface area contributed by atoms with Gasteiger partial charge >= 0.3 is 12.1 Å². The summed E-state index contributed by atoms with van der Waals surface area (Å²) < 4.78 is 38.4. The van der Waals surface area contributed by atoms with E-state index < -0.39 is 29.8 Å². The summed E-state index contributed by atoms with van der Waals surface area (Å²) in [6.07, 6.45) is 0.361. The largest absolute Gasteiger partial charge is 0.480 e. The Hall–Kier alpha value is -2.67. The molecule has 104 valence electrons. The summed E-state index contributed by atoms with van der Waals surface area (Å²) in [4.78, 5) is 11.8. The summed E-state index contributed by atoms with van der Waals surface area (Å²) in [5.74, 6) is 0.951. The van der Waals surface area contributed by atoms with Crippen molar-refractivity contribution < 1.29 is 23.1 Å². The lowest BCUT2D eigenvalue weighted by molar-refractivity contribution is -0.137. The fourth-order valence-electron chi connectivity index (χ4n) is 1.57. The fourth-order valence-corrected chi connectivity index (χ4v) is 1.57. The van der Waals surface area contributed by atoms with Crippen LogP contribution < -0.4 is 4.90 Å². The molecule has 0 unspecified atom stereocenters. The van der Waals surface area contributed by atoms with E-state index in [9.17, 15) is 18.0 Å². The molecule has 0 heterocycles. The number of aliphatic carboxylic acids is 1. The van der Waals surface area contributed by atoms with Crippen LogP contribution in [0, 0.1) is 23.7 Å². The van der Waals surface area contributed by atoms with Crippen LogP contribution >= 0.6 is 0 Å². The number of halogens is 3. The standard InChI is InChI=1S/C13H9F3N2O2/c1-2-5-18(8-12(19)20)10-4-3-9(7-17)11(6-10)13(14,15)16/h1,3-4,6H,5,8H2,(H,19,20). The van der Waals surface area contributed by atoms with E-state index in [1.807, 2.05) is 0 Å². The van der Waals surface area contributed by atoms with E-state index in [1.54, 1.807) is 0 Å². The fraction of sp³-hybridized carbons (Fsp3) is 0.231. The first-order valence-corrected chi connectivity index (χ1v) is 5.31. The molecule has 0 saturated carbocycles. The van der Waals surface area contributed by atoms with E-state index in [4.69, 9.17) is 16.8 Å². The number of hydrogen-bond donors (Lipinski definition) is 1. The Bertz CT molecular complexity index is 597. The third kappa shape index (κ3) is 3.66. The van der Waals surface area contributed by atoms with Crippen molar-refractivity contribution in [1.29, 1.82) is 5.26 Å². The van der Waals surface area contributed by atoms with Gasteiger partial charge < -0.3 is 10.0 Å². The van der Waals surface area contributed by atoms with Crippen molar-refractivity contribution in [2.75, 3.05) is 18.0 Å². The Morgan fingerprint density at radius 1 is 1.45 bits per heavy atom. The van der Waals surface area contributed by atoms with E-state index >= 15 is 0 Å². The first-order valence-electron chi connectivity index (χ1n) is 5.31. The number of nitriles is 1. The lowest BCUT2D eigenvalue weighted by atomic mass is 10.1. The van der Waals surface area contributed by atoms with Gasteiger partial charge in [0, 0.05) is 5.69 Å². The Balaban J connectivity index is 3.29. The van der Waals surface area contributed by atoms with Gasteiger partial charge in [0.25, 0.3) is 0 Å². The predicted octanol–water partition coefficient (Wildman–Crippen LogP) is 2.10. The molecule has 1 aromatic rings. The topological polar surface area (TPSA) is 64.3 Å². The summed E-state index contributed by atoms with van der Waals surface area (Å²) in [5, 5.41) is 17.4. The lowest BCUT2D eigenvalue weighted by Crippen LogP contribution is -2.30. The minimum atomic E-state index is -4.70. The average molecular weight is 282 g/mol. The third-order valence-electron chi connectivity index (χ3n) is 2.40. The molecular formula is C13H9F3N2O2. The second-order valence-corrected chi connectivity index (χ2v) is 3.79. The molecule has 0 aliphatic carbocycles. The molecule has 1 rings (SSSR count). The van der Waals surface area contributed by atoms with Gasteiger partial charge in [-0.1, -0.05) is 5.92 Å². The molecule has 0 aliphatic heterocycles. The maximum atomic E-state index is 12.8. The molecule has 0 saturated heterocycles. The summed E-state index contributed by atoms with van der Waals surface area (Å²) in [6, 6.07) is 4.39. The zero-order valence-electron chi connectivity index (χ0n) is 10.1. The monoisotopic (exact) mass is 282 g/mol. The van der Waals surface area contributed by atoms with Gasteiger partial charge in [-0.2, -0.15) is 18.4 Å². The van der Waals surface area contributed by atoms with Crippen molar-refractivity contribution in [3.63, 3.8) is 0 Å². The van der Waals surface area contributed by atoms with Crippen LogP contribution in [0.2, 0.25) is 0 Å². The van der Waals surface area contributed by atoms with Crippen molar-refractivity contribution in [3.8, 4) is 18.4 Å². The van der Waals surface area contributed by atoms with Crippen molar-refractivity contribution in [1.82, 2.24) is 0 Å². The minimum absolute atomic E-state index is 0.00308. The number of rotatable bonds is 4. The zero-order valence-corrected chi connectivity index (χ0v) is 10.1. The minimum Gasteiger partial charge on any atom is -0.480 e. The average Bonchev–Trinajstić information content (AvgIpc) is 2.36. The highest BCUT2D eigenvalue weighted by molar-refractivity contribution is 5.74.